The zero-order chi connectivity index (χ0) is 17.7. The minimum atomic E-state index is -0.626. The summed E-state index contributed by atoms with van der Waals surface area (Å²) in [4.78, 5) is 12.0. The molecule has 0 spiro atoms. The molecule has 3 nitrogen and oxygen atoms in total. The van der Waals surface area contributed by atoms with Gasteiger partial charge in [0.2, 0.25) is 5.91 Å². The lowest BCUT2D eigenvalue weighted by Crippen LogP contribution is -2.36. The summed E-state index contributed by atoms with van der Waals surface area (Å²) < 4.78 is 27.6. The molecule has 2 atom stereocenters. The van der Waals surface area contributed by atoms with Crippen molar-refractivity contribution < 1.29 is 13.6 Å². The van der Waals surface area contributed by atoms with Gasteiger partial charge >= 0.3 is 0 Å². The number of nitrogens with one attached hydrogen (secondary N) is 2. The summed E-state index contributed by atoms with van der Waals surface area (Å²) in [5.41, 5.74) is 1.31. The molecule has 0 aliphatic rings. The average molecular weight is 397 g/mol. The Bertz CT molecular complexity index is 707. The van der Waals surface area contributed by atoms with Gasteiger partial charge in [0.15, 0.2) is 0 Å². The van der Waals surface area contributed by atoms with Crippen molar-refractivity contribution in [1.82, 2.24) is 10.6 Å². The summed E-state index contributed by atoms with van der Waals surface area (Å²) in [6, 6.07) is 10.6. The molecular formula is C18H19BrF2N2O. The molecule has 0 heterocycles. The first-order valence-corrected chi connectivity index (χ1v) is 8.39. The average Bonchev–Trinajstić information content (AvgIpc) is 2.53. The first-order chi connectivity index (χ1) is 11.4. The molecule has 2 rings (SSSR count). The van der Waals surface area contributed by atoms with Gasteiger partial charge in [-0.3, -0.25) is 4.79 Å². The van der Waals surface area contributed by atoms with Crippen molar-refractivity contribution in [2.24, 2.45) is 0 Å². The van der Waals surface area contributed by atoms with E-state index in [2.05, 4.69) is 26.6 Å². The van der Waals surface area contributed by atoms with E-state index >= 15 is 0 Å². The number of amides is 1. The third kappa shape index (κ3) is 5.11. The smallest absolute Gasteiger partial charge is 0.234 e. The second-order valence-electron chi connectivity index (χ2n) is 5.61. The number of rotatable bonds is 6. The Morgan fingerprint density at radius 2 is 1.75 bits per heavy atom. The monoisotopic (exact) mass is 396 g/mol. The number of carbonyl (C=O) groups excluding carboxylic acids is 1. The van der Waals surface area contributed by atoms with Crippen molar-refractivity contribution in [3.63, 3.8) is 0 Å². The predicted molar refractivity (Wildman–Crippen MR) is 93.5 cm³/mol. The summed E-state index contributed by atoms with van der Waals surface area (Å²) in [5.74, 6) is -1.44. The first kappa shape index (κ1) is 18.5. The molecule has 1 amide bonds. The van der Waals surface area contributed by atoms with Crippen molar-refractivity contribution in [1.29, 1.82) is 0 Å². The van der Waals surface area contributed by atoms with E-state index in [9.17, 15) is 13.6 Å². The molecule has 0 saturated carbocycles. The fraction of sp³-hybridized carbons (Fsp3) is 0.278. The fourth-order valence-corrected chi connectivity index (χ4v) is 2.60. The van der Waals surface area contributed by atoms with E-state index in [4.69, 9.17) is 0 Å². The van der Waals surface area contributed by atoms with E-state index in [1.54, 1.807) is 6.92 Å². The highest BCUT2D eigenvalue weighted by molar-refractivity contribution is 9.10. The Hall–Kier alpha value is -1.79. The molecule has 0 aromatic heterocycles. The molecule has 0 radical (unpaired) electrons. The van der Waals surface area contributed by atoms with Crippen molar-refractivity contribution in [2.75, 3.05) is 6.54 Å². The lowest BCUT2D eigenvalue weighted by atomic mass is 10.1. The van der Waals surface area contributed by atoms with Crippen LogP contribution >= 0.6 is 15.9 Å². The third-order valence-corrected chi connectivity index (χ3v) is 4.27. The molecular weight excluding hydrogens is 378 g/mol. The van der Waals surface area contributed by atoms with Crippen LogP contribution in [-0.4, -0.2) is 12.5 Å². The van der Waals surface area contributed by atoms with Crippen molar-refractivity contribution in [3.05, 3.63) is 69.7 Å². The van der Waals surface area contributed by atoms with Gasteiger partial charge in [-0.05, 0) is 37.6 Å². The molecule has 0 fully saturated rings. The highest BCUT2D eigenvalue weighted by Gasteiger charge is 2.14. The van der Waals surface area contributed by atoms with E-state index in [1.807, 2.05) is 31.2 Å². The Morgan fingerprint density at radius 1 is 1.08 bits per heavy atom. The minimum Gasteiger partial charge on any atom is -0.348 e. The maximum absolute atomic E-state index is 13.7. The van der Waals surface area contributed by atoms with Crippen LogP contribution in [-0.2, 0) is 4.79 Å². The van der Waals surface area contributed by atoms with Crippen LogP contribution in [0.5, 0.6) is 0 Å². The van der Waals surface area contributed by atoms with Crippen LogP contribution < -0.4 is 10.6 Å². The third-order valence-electron chi connectivity index (χ3n) is 3.75. The molecule has 0 bridgehead atoms. The maximum atomic E-state index is 13.7. The standard InChI is InChI=1S/C18H19BrF2N2O/c1-11(13-3-5-14(19)6-4-13)23-18(24)10-22-12(2)16-8-7-15(20)9-17(16)21/h3-9,11-12,22H,10H2,1-2H3,(H,23,24)/t11-,12-/m1/s1. The fourth-order valence-electron chi connectivity index (χ4n) is 2.34. The van der Waals surface area contributed by atoms with Gasteiger partial charge in [0.1, 0.15) is 11.6 Å². The normalized spacial score (nSPS) is 13.4. The van der Waals surface area contributed by atoms with Crippen molar-refractivity contribution >= 4 is 21.8 Å². The van der Waals surface area contributed by atoms with Crippen LogP contribution in [0.2, 0.25) is 0 Å². The molecule has 128 valence electrons. The van der Waals surface area contributed by atoms with E-state index < -0.39 is 17.7 Å². The molecule has 6 heteroatoms. The lowest BCUT2D eigenvalue weighted by Gasteiger charge is -2.18. The van der Waals surface area contributed by atoms with Crippen LogP contribution in [0.25, 0.3) is 0 Å². The molecule has 2 aromatic carbocycles. The molecule has 24 heavy (non-hydrogen) atoms. The molecule has 0 aliphatic heterocycles. The van der Waals surface area contributed by atoms with Gasteiger partial charge in [0.05, 0.1) is 12.6 Å². The minimum absolute atomic E-state index is 0.0405. The molecule has 2 aromatic rings. The summed E-state index contributed by atoms with van der Waals surface area (Å²) in [5, 5.41) is 5.82. The van der Waals surface area contributed by atoms with Gasteiger partial charge in [-0.15, -0.1) is 0 Å². The number of halogens is 3. The Balaban J connectivity index is 1.87. The van der Waals surface area contributed by atoms with Crippen LogP contribution in [0.1, 0.15) is 37.1 Å². The van der Waals surface area contributed by atoms with Crippen LogP contribution in [0, 0.1) is 11.6 Å². The number of hydrogen-bond donors (Lipinski definition) is 2. The maximum Gasteiger partial charge on any atom is 0.234 e. The van der Waals surface area contributed by atoms with Crippen LogP contribution in [0.3, 0.4) is 0 Å². The largest absolute Gasteiger partial charge is 0.348 e. The Morgan fingerprint density at radius 3 is 2.38 bits per heavy atom. The van der Waals surface area contributed by atoms with E-state index in [0.29, 0.717) is 5.56 Å². The van der Waals surface area contributed by atoms with Gasteiger partial charge in [0, 0.05) is 22.1 Å². The zero-order valence-electron chi connectivity index (χ0n) is 13.4. The van der Waals surface area contributed by atoms with E-state index in [1.165, 1.54) is 12.1 Å². The van der Waals surface area contributed by atoms with Gasteiger partial charge in [0.25, 0.3) is 0 Å². The second-order valence-corrected chi connectivity index (χ2v) is 6.52. The Kier molecular flexibility index (Phi) is 6.45. The summed E-state index contributed by atoms with van der Waals surface area (Å²) >= 11 is 3.37. The van der Waals surface area contributed by atoms with Crippen molar-refractivity contribution in [3.8, 4) is 0 Å². The molecule has 2 N–H and O–H groups in total. The SMILES string of the molecule is C[C@@H](NC(=O)CN[C@H](C)c1ccc(F)cc1F)c1ccc(Br)cc1. The summed E-state index contributed by atoms with van der Waals surface area (Å²) in [6.45, 7) is 3.66. The molecule has 0 saturated heterocycles. The predicted octanol–water partition coefficient (Wildman–Crippen LogP) is 4.26. The van der Waals surface area contributed by atoms with E-state index in [-0.39, 0.29) is 18.5 Å². The van der Waals surface area contributed by atoms with E-state index in [0.717, 1.165) is 16.1 Å². The quantitative estimate of drug-likeness (QED) is 0.765. The van der Waals surface area contributed by atoms with Crippen molar-refractivity contribution in [2.45, 2.75) is 25.9 Å². The van der Waals surface area contributed by atoms with Gasteiger partial charge in [-0.25, -0.2) is 8.78 Å². The second kappa shape index (κ2) is 8.35. The number of benzene rings is 2. The first-order valence-electron chi connectivity index (χ1n) is 7.60. The zero-order valence-corrected chi connectivity index (χ0v) is 15.0. The van der Waals surface area contributed by atoms with Gasteiger partial charge < -0.3 is 10.6 Å². The highest BCUT2D eigenvalue weighted by atomic mass is 79.9. The van der Waals surface area contributed by atoms with Crippen LogP contribution in [0.4, 0.5) is 8.78 Å². The molecule has 0 unspecified atom stereocenters. The lowest BCUT2D eigenvalue weighted by molar-refractivity contribution is -0.121. The number of hydrogen-bond acceptors (Lipinski definition) is 2. The summed E-state index contributed by atoms with van der Waals surface area (Å²) in [7, 11) is 0. The Labute approximate surface area is 148 Å². The highest BCUT2D eigenvalue weighted by Crippen LogP contribution is 2.18. The summed E-state index contributed by atoms with van der Waals surface area (Å²) in [6.07, 6.45) is 0. The van der Waals surface area contributed by atoms with Gasteiger partial charge in [-0.2, -0.15) is 0 Å². The van der Waals surface area contributed by atoms with Crippen LogP contribution in [0.15, 0.2) is 46.9 Å². The topological polar surface area (TPSA) is 41.1 Å². The number of carbonyl (C=O) groups is 1. The van der Waals surface area contributed by atoms with Gasteiger partial charge in [-0.1, -0.05) is 34.1 Å². The molecule has 0 aliphatic carbocycles.